The standard InChI is InChI=1S/C19H20F3N3O4S/c1-30(28,29)18-10-15(6-7-17(18)25(26)27)23-16-8-9-24(12-16)11-13-2-4-14(5-3-13)19(20,21)22/h2-7,10,16,23H,8-9,11-12H2,1H3. The Morgan fingerprint density at radius 2 is 1.87 bits per heavy atom. The predicted octanol–water partition coefficient (Wildman–Crippen LogP) is 3.70. The third kappa shape index (κ3) is 5.28. The summed E-state index contributed by atoms with van der Waals surface area (Å²) in [6, 6.07) is 8.89. The lowest BCUT2D eigenvalue weighted by Gasteiger charge is -2.18. The Morgan fingerprint density at radius 3 is 2.43 bits per heavy atom. The molecule has 0 saturated carbocycles. The van der Waals surface area contributed by atoms with Gasteiger partial charge in [0.25, 0.3) is 5.69 Å². The highest BCUT2D eigenvalue weighted by atomic mass is 32.2. The number of alkyl halides is 3. The molecule has 0 bridgehead atoms. The molecule has 1 unspecified atom stereocenters. The van der Waals surface area contributed by atoms with E-state index in [4.69, 9.17) is 0 Å². The lowest BCUT2D eigenvalue weighted by molar-refractivity contribution is -0.387. The summed E-state index contributed by atoms with van der Waals surface area (Å²) in [5, 5.41) is 14.3. The number of anilines is 1. The van der Waals surface area contributed by atoms with Crippen LogP contribution in [-0.2, 0) is 22.6 Å². The minimum absolute atomic E-state index is 0.0201. The molecule has 30 heavy (non-hydrogen) atoms. The number of rotatable bonds is 6. The van der Waals surface area contributed by atoms with E-state index in [0.717, 1.165) is 36.4 Å². The maximum Gasteiger partial charge on any atom is 0.416 e. The van der Waals surface area contributed by atoms with Crippen molar-refractivity contribution in [3.63, 3.8) is 0 Å². The van der Waals surface area contributed by atoms with Gasteiger partial charge in [-0.05, 0) is 36.2 Å². The largest absolute Gasteiger partial charge is 0.416 e. The third-order valence-corrected chi connectivity index (χ3v) is 6.01. The van der Waals surface area contributed by atoms with E-state index in [2.05, 4.69) is 10.2 Å². The van der Waals surface area contributed by atoms with Gasteiger partial charge in [0.05, 0.1) is 10.5 Å². The first-order valence-corrected chi connectivity index (χ1v) is 11.0. The first-order chi connectivity index (χ1) is 13.9. The monoisotopic (exact) mass is 443 g/mol. The maximum atomic E-state index is 12.7. The first kappa shape index (κ1) is 22.0. The maximum absolute atomic E-state index is 12.7. The van der Waals surface area contributed by atoms with Crippen molar-refractivity contribution < 1.29 is 26.5 Å². The zero-order valence-corrected chi connectivity index (χ0v) is 16.8. The molecule has 1 atom stereocenters. The van der Waals surface area contributed by atoms with E-state index in [0.29, 0.717) is 25.3 Å². The third-order valence-electron chi connectivity index (χ3n) is 4.89. The summed E-state index contributed by atoms with van der Waals surface area (Å²) in [6.45, 7) is 1.81. The summed E-state index contributed by atoms with van der Waals surface area (Å²) in [5.74, 6) is 0. The Kier molecular flexibility index (Phi) is 6.04. The number of halogens is 3. The van der Waals surface area contributed by atoms with Gasteiger partial charge in [-0.1, -0.05) is 12.1 Å². The molecule has 2 aromatic rings. The fraction of sp³-hybridized carbons (Fsp3) is 0.368. The SMILES string of the molecule is CS(=O)(=O)c1cc(NC2CCN(Cc3ccc(C(F)(F)F)cc3)C2)ccc1[N+](=O)[O-]. The van der Waals surface area contributed by atoms with Crippen LogP contribution in [0.15, 0.2) is 47.4 Å². The summed E-state index contributed by atoms with van der Waals surface area (Å²) < 4.78 is 61.7. The number of likely N-dealkylation sites (tertiary alicyclic amines) is 1. The molecule has 1 N–H and O–H groups in total. The van der Waals surface area contributed by atoms with Crippen molar-refractivity contribution in [3.05, 3.63) is 63.7 Å². The molecule has 1 aliphatic rings. The van der Waals surface area contributed by atoms with Crippen LogP contribution >= 0.6 is 0 Å². The molecule has 0 aliphatic carbocycles. The first-order valence-electron chi connectivity index (χ1n) is 9.07. The number of nitrogens with zero attached hydrogens (tertiary/aromatic N) is 2. The van der Waals surface area contributed by atoms with Crippen LogP contribution in [-0.4, -0.2) is 43.6 Å². The van der Waals surface area contributed by atoms with Crippen molar-refractivity contribution in [2.24, 2.45) is 0 Å². The quantitative estimate of drug-likeness (QED) is 0.541. The molecule has 11 heteroatoms. The number of nitrogens with one attached hydrogen (secondary N) is 1. The Bertz CT molecular complexity index is 1040. The number of hydrogen-bond acceptors (Lipinski definition) is 6. The summed E-state index contributed by atoms with van der Waals surface area (Å²) in [4.78, 5) is 12.1. The van der Waals surface area contributed by atoms with Crippen molar-refractivity contribution in [2.75, 3.05) is 24.7 Å². The van der Waals surface area contributed by atoms with Gasteiger partial charge in [0.2, 0.25) is 0 Å². The summed E-state index contributed by atoms with van der Waals surface area (Å²) >= 11 is 0. The predicted molar refractivity (Wildman–Crippen MR) is 105 cm³/mol. The Morgan fingerprint density at radius 1 is 1.20 bits per heavy atom. The van der Waals surface area contributed by atoms with Crippen LogP contribution in [0.3, 0.4) is 0 Å². The average Bonchev–Trinajstić information content (AvgIpc) is 3.07. The molecule has 0 aromatic heterocycles. The topological polar surface area (TPSA) is 92.6 Å². The fourth-order valence-corrected chi connectivity index (χ4v) is 4.30. The van der Waals surface area contributed by atoms with Crippen molar-refractivity contribution in [2.45, 2.75) is 30.1 Å². The van der Waals surface area contributed by atoms with Crippen LogP contribution in [0.4, 0.5) is 24.5 Å². The van der Waals surface area contributed by atoms with Crippen LogP contribution in [0.1, 0.15) is 17.5 Å². The van der Waals surface area contributed by atoms with Crippen LogP contribution in [0.2, 0.25) is 0 Å². The van der Waals surface area contributed by atoms with Gasteiger partial charge in [0.1, 0.15) is 4.90 Å². The second-order valence-corrected chi connectivity index (χ2v) is 9.26. The van der Waals surface area contributed by atoms with Gasteiger partial charge in [-0.3, -0.25) is 15.0 Å². The van der Waals surface area contributed by atoms with E-state index in [1.807, 2.05) is 0 Å². The number of benzene rings is 2. The van der Waals surface area contributed by atoms with Crippen LogP contribution < -0.4 is 5.32 Å². The summed E-state index contributed by atoms with van der Waals surface area (Å²) in [5.41, 5.74) is 0.0613. The molecule has 0 spiro atoms. The Hall–Kier alpha value is -2.66. The molecule has 1 heterocycles. The zero-order chi connectivity index (χ0) is 22.1. The van der Waals surface area contributed by atoms with E-state index >= 15 is 0 Å². The zero-order valence-electron chi connectivity index (χ0n) is 16.0. The summed E-state index contributed by atoms with van der Waals surface area (Å²) in [7, 11) is -3.77. The lowest BCUT2D eigenvalue weighted by Crippen LogP contribution is -2.26. The molecule has 0 amide bonds. The van der Waals surface area contributed by atoms with E-state index in [1.54, 1.807) is 0 Å². The van der Waals surface area contributed by atoms with Crippen molar-refractivity contribution in [1.82, 2.24) is 4.90 Å². The molecular weight excluding hydrogens is 423 g/mol. The van der Waals surface area contributed by atoms with Crippen LogP contribution in [0, 0.1) is 10.1 Å². The molecule has 162 valence electrons. The van der Waals surface area contributed by atoms with Gasteiger partial charge in [0.15, 0.2) is 9.84 Å². The normalized spacial score (nSPS) is 17.8. The van der Waals surface area contributed by atoms with Gasteiger partial charge in [0, 0.05) is 43.7 Å². The molecule has 2 aromatic carbocycles. The van der Waals surface area contributed by atoms with Gasteiger partial charge >= 0.3 is 6.18 Å². The van der Waals surface area contributed by atoms with Crippen LogP contribution in [0.5, 0.6) is 0 Å². The number of hydrogen-bond donors (Lipinski definition) is 1. The minimum Gasteiger partial charge on any atom is -0.381 e. The van der Waals surface area contributed by atoms with E-state index in [1.165, 1.54) is 24.3 Å². The summed E-state index contributed by atoms with van der Waals surface area (Å²) in [6.07, 6.45) is -2.71. The van der Waals surface area contributed by atoms with Gasteiger partial charge in [-0.25, -0.2) is 8.42 Å². The molecule has 3 rings (SSSR count). The second-order valence-electron chi connectivity index (χ2n) is 7.27. The molecule has 7 nitrogen and oxygen atoms in total. The van der Waals surface area contributed by atoms with Crippen molar-refractivity contribution in [1.29, 1.82) is 0 Å². The average molecular weight is 443 g/mol. The minimum atomic E-state index is -4.36. The molecule has 1 fully saturated rings. The number of nitro benzene ring substituents is 1. The van der Waals surface area contributed by atoms with Gasteiger partial charge < -0.3 is 5.32 Å². The molecule has 1 aliphatic heterocycles. The van der Waals surface area contributed by atoms with Gasteiger partial charge in [-0.15, -0.1) is 0 Å². The number of sulfone groups is 1. The second kappa shape index (κ2) is 8.23. The van der Waals surface area contributed by atoms with Crippen molar-refractivity contribution in [3.8, 4) is 0 Å². The number of nitro groups is 1. The molecular formula is C19H20F3N3O4S. The van der Waals surface area contributed by atoms with Crippen molar-refractivity contribution >= 4 is 21.2 Å². The highest BCUT2D eigenvalue weighted by Crippen LogP contribution is 2.30. The Balaban J connectivity index is 1.64. The molecule has 0 radical (unpaired) electrons. The highest BCUT2D eigenvalue weighted by Gasteiger charge is 2.30. The Labute approximate surface area is 171 Å². The van der Waals surface area contributed by atoms with Gasteiger partial charge in [-0.2, -0.15) is 13.2 Å². The lowest BCUT2D eigenvalue weighted by atomic mass is 10.1. The smallest absolute Gasteiger partial charge is 0.381 e. The molecule has 1 saturated heterocycles. The van der Waals surface area contributed by atoms with E-state index in [9.17, 15) is 31.7 Å². The van der Waals surface area contributed by atoms with E-state index < -0.39 is 32.2 Å². The fourth-order valence-electron chi connectivity index (χ4n) is 3.44. The van der Waals surface area contributed by atoms with Crippen LogP contribution in [0.25, 0.3) is 0 Å². The highest BCUT2D eigenvalue weighted by molar-refractivity contribution is 7.90. The van der Waals surface area contributed by atoms with E-state index in [-0.39, 0.29) is 10.9 Å².